The maximum atomic E-state index is 12.9. The van der Waals surface area contributed by atoms with Crippen LogP contribution in [0.1, 0.15) is 28.4 Å². The number of alkyl halides is 3. The van der Waals surface area contributed by atoms with E-state index in [0.717, 1.165) is 19.2 Å². The number of carbonyl (C=O) groups is 3. The molecule has 0 saturated carbocycles. The van der Waals surface area contributed by atoms with Crippen LogP contribution in [0.15, 0.2) is 48.5 Å². The van der Waals surface area contributed by atoms with Crippen LogP contribution in [0.25, 0.3) is 0 Å². The Hall–Kier alpha value is -3.36. The van der Waals surface area contributed by atoms with Gasteiger partial charge in [0.15, 0.2) is 0 Å². The minimum absolute atomic E-state index is 0.161. The van der Waals surface area contributed by atoms with Crippen molar-refractivity contribution in [2.45, 2.75) is 25.6 Å². The van der Waals surface area contributed by atoms with E-state index < -0.39 is 29.7 Å². The molecule has 0 spiro atoms. The first-order valence-electron chi connectivity index (χ1n) is 8.52. The molecule has 0 saturated heterocycles. The van der Waals surface area contributed by atoms with Gasteiger partial charge in [0, 0.05) is 24.6 Å². The van der Waals surface area contributed by atoms with Gasteiger partial charge in [-0.2, -0.15) is 13.2 Å². The number of carbonyl (C=O) groups excluding carboxylic acids is 3. The second kappa shape index (κ2) is 9.22. The second-order valence-electron chi connectivity index (χ2n) is 6.21. The Kier molecular flexibility index (Phi) is 6.98. The lowest BCUT2D eigenvalue weighted by atomic mass is 10.0. The van der Waals surface area contributed by atoms with E-state index in [2.05, 4.69) is 15.4 Å². The number of hydrogen-bond donors (Lipinski definition) is 2. The Bertz CT molecular complexity index is 913. The molecular formula is C20H19F3N2O4. The minimum Gasteiger partial charge on any atom is -0.467 e. The summed E-state index contributed by atoms with van der Waals surface area (Å²) in [7, 11) is 1.12. The van der Waals surface area contributed by atoms with E-state index in [0.29, 0.717) is 5.69 Å². The van der Waals surface area contributed by atoms with E-state index in [1.165, 1.54) is 31.2 Å². The van der Waals surface area contributed by atoms with Gasteiger partial charge in [0.05, 0.1) is 12.7 Å². The third-order valence-corrected chi connectivity index (χ3v) is 3.93. The second-order valence-corrected chi connectivity index (χ2v) is 6.21. The first-order chi connectivity index (χ1) is 13.6. The molecule has 29 heavy (non-hydrogen) atoms. The fraction of sp³-hybridized carbons (Fsp3) is 0.250. The zero-order chi connectivity index (χ0) is 21.6. The van der Waals surface area contributed by atoms with Crippen LogP contribution in [-0.4, -0.2) is 30.9 Å². The maximum Gasteiger partial charge on any atom is 0.416 e. The van der Waals surface area contributed by atoms with E-state index in [-0.39, 0.29) is 23.5 Å². The molecule has 2 aromatic carbocycles. The Morgan fingerprint density at radius 2 is 1.76 bits per heavy atom. The number of anilines is 1. The molecule has 0 aliphatic heterocycles. The van der Waals surface area contributed by atoms with Gasteiger partial charge >= 0.3 is 12.1 Å². The highest BCUT2D eigenvalue weighted by molar-refractivity contribution is 5.98. The number of ether oxygens (including phenoxy) is 1. The fourth-order valence-electron chi connectivity index (χ4n) is 2.63. The van der Waals surface area contributed by atoms with E-state index >= 15 is 0 Å². The van der Waals surface area contributed by atoms with Crippen LogP contribution in [0.2, 0.25) is 0 Å². The van der Waals surface area contributed by atoms with Crippen LogP contribution in [0, 0.1) is 0 Å². The Balaban J connectivity index is 2.20. The van der Waals surface area contributed by atoms with Gasteiger partial charge in [-0.15, -0.1) is 0 Å². The molecule has 0 aliphatic rings. The van der Waals surface area contributed by atoms with E-state index in [4.69, 9.17) is 0 Å². The molecule has 0 radical (unpaired) electrons. The molecule has 2 rings (SSSR count). The van der Waals surface area contributed by atoms with Crippen molar-refractivity contribution in [3.05, 3.63) is 65.2 Å². The standard InChI is InChI=1S/C20H19F3N2O4/c1-12(26)24-16-8-4-6-14(11-16)18(27)25-17(19(28)29-2)10-13-5-3-7-15(9-13)20(21,22)23/h3-9,11,17H,10H2,1-2H3,(H,24,26)(H,25,27)/t17-/m0/s1. The third kappa shape index (κ3) is 6.34. The average Bonchev–Trinajstić information content (AvgIpc) is 2.66. The lowest BCUT2D eigenvalue weighted by Gasteiger charge is -2.18. The topological polar surface area (TPSA) is 84.5 Å². The normalized spacial score (nSPS) is 12.0. The van der Waals surface area contributed by atoms with Crippen molar-refractivity contribution in [1.82, 2.24) is 5.32 Å². The van der Waals surface area contributed by atoms with Crippen molar-refractivity contribution in [3.63, 3.8) is 0 Å². The van der Waals surface area contributed by atoms with Crippen LogP contribution in [0.4, 0.5) is 18.9 Å². The predicted octanol–water partition coefficient (Wildman–Crippen LogP) is 3.18. The average molecular weight is 408 g/mol. The van der Waals surface area contributed by atoms with Crippen LogP contribution < -0.4 is 10.6 Å². The number of benzene rings is 2. The van der Waals surface area contributed by atoms with Crippen molar-refractivity contribution >= 4 is 23.5 Å². The zero-order valence-corrected chi connectivity index (χ0v) is 15.7. The molecule has 0 aromatic heterocycles. The van der Waals surface area contributed by atoms with Crippen molar-refractivity contribution < 1.29 is 32.3 Å². The number of nitrogens with one attached hydrogen (secondary N) is 2. The molecule has 2 aromatic rings. The molecule has 0 fully saturated rings. The number of esters is 1. The highest BCUT2D eigenvalue weighted by atomic mass is 19.4. The lowest BCUT2D eigenvalue weighted by molar-refractivity contribution is -0.142. The Morgan fingerprint density at radius 3 is 2.38 bits per heavy atom. The molecule has 6 nitrogen and oxygen atoms in total. The number of rotatable bonds is 6. The quantitative estimate of drug-likeness (QED) is 0.719. The van der Waals surface area contributed by atoms with Crippen LogP contribution in [0.5, 0.6) is 0 Å². The first kappa shape index (κ1) is 21.9. The van der Waals surface area contributed by atoms with Crippen LogP contribution in [0.3, 0.4) is 0 Å². The number of halogens is 3. The maximum absolute atomic E-state index is 12.9. The van der Waals surface area contributed by atoms with Crippen LogP contribution in [-0.2, 0) is 26.9 Å². The predicted molar refractivity (Wildman–Crippen MR) is 99.2 cm³/mol. The van der Waals surface area contributed by atoms with Crippen LogP contribution >= 0.6 is 0 Å². The van der Waals surface area contributed by atoms with Crippen molar-refractivity contribution in [2.75, 3.05) is 12.4 Å². The Labute approximate surface area is 165 Å². The molecule has 0 bridgehead atoms. The molecular weight excluding hydrogens is 389 g/mol. The molecule has 9 heteroatoms. The molecule has 0 heterocycles. The molecule has 2 N–H and O–H groups in total. The van der Waals surface area contributed by atoms with Crippen molar-refractivity contribution in [1.29, 1.82) is 0 Å². The molecule has 0 unspecified atom stereocenters. The summed E-state index contributed by atoms with van der Waals surface area (Å²) in [4.78, 5) is 35.7. The summed E-state index contributed by atoms with van der Waals surface area (Å²) in [6.07, 6.45) is -4.71. The van der Waals surface area contributed by atoms with Crippen molar-refractivity contribution in [2.24, 2.45) is 0 Å². The molecule has 154 valence electrons. The molecule has 0 aliphatic carbocycles. The lowest BCUT2D eigenvalue weighted by Crippen LogP contribution is -2.43. The summed E-state index contributed by atoms with van der Waals surface area (Å²) in [5.74, 6) is -1.76. The summed E-state index contributed by atoms with van der Waals surface area (Å²) in [5, 5.41) is 4.99. The van der Waals surface area contributed by atoms with Gasteiger partial charge in [-0.25, -0.2) is 4.79 Å². The van der Waals surface area contributed by atoms with Gasteiger partial charge in [0.1, 0.15) is 6.04 Å². The summed E-state index contributed by atoms with van der Waals surface area (Å²) in [5.41, 5.74) is -0.0951. The fourth-order valence-corrected chi connectivity index (χ4v) is 2.63. The van der Waals surface area contributed by atoms with Gasteiger partial charge in [0.25, 0.3) is 5.91 Å². The third-order valence-electron chi connectivity index (χ3n) is 3.93. The minimum atomic E-state index is -4.52. The SMILES string of the molecule is COC(=O)[C@H](Cc1cccc(C(F)(F)F)c1)NC(=O)c1cccc(NC(C)=O)c1. The van der Waals surface area contributed by atoms with Gasteiger partial charge in [-0.3, -0.25) is 9.59 Å². The highest BCUT2D eigenvalue weighted by Crippen LogP contribution is 2.29. The zero-order valence-electron chi connectivity index (χ0n) is 15.7. The first-order valence-corrected chi connectivity index (χ1v) is 8.52. The highest BCUT2D eigenvalue weighted by Gasteiger charge is 2.31. The number of amides is 2. The van der Waals surface area contributed by atoms with Crippen molar-refractivity contribution in [3.8, 4) is 0 Å². The van der Waals surface area contributed by atoms with E-state index in [1.807, 2.05) is 0 Å². The summed E-state index contributed by atoms with van der Waals surface area (Å²) in [6, 6.07) is 9.30. The summed E-state index contributed by atoms with van der Waals surface area (Å²) < 4.78 is 43.4. The van der Waals surface area contributed by atoms with Gasteiger partial charge in [-0.05, 0) is 29.8 Å². The monoisotopic (exact) mass is 408 g/mol. The Morgan fingerprint density at radius 1 is 1.07 bits per heavy atom. The molecule has 1 atom stereocenters. The van der Waals surface area contributed by atoms with Gasteiger partial charge in [-0.1, -0.05) is 24.3 Å². The smallest absolute Gasteiger partial charge is 0.416 e. The summed E-state index contributed by atoms with van der Waals surface area (Å²) >= 11 is 0. The summed E-state index contributed by atoms with van der Waals surface area (Å²) in [6.45, 7) is 1.31. The van der Waals surface area contributed by atoms with E-state index in [9.17, 15) is 27.6 Å². The largest absolute Gasteiger partial charge is 0.467 e. The van der Waals surface area contributed by atoms with E-state index in [1.54, 1.807) is 12.1 Å². The van der Waals surface area contributed by atoms with Gasteiger partial charge < -0.3 is 15.4 Å². The molecule has 2 amide bonds. The van der Waals surface area contributed by atoms with Gasteiger partial charge in [0.2, 0.25) is 5.91 Å². The number of methoxy groups -OCH3 is 1. The number of hydrogen-bond acceptors (Lipinski definition) is 4.